The van der Waals surface area contributed by atoms with Crippen LogP contribution in [0.15, 0.2) is 30.6 Å². The highest BCUT2D eigenvalue weighted by Crippen LogP contribution is 2.35. The number of hydrogen-bond donors (Lipinski definition) is 1. The number of alkyl halides is 3. The topological polar surface area (TPSA) is 84.8 Å². The Bertz CT molecular complexity index is 679. The van der Waals surface area contributed by atoms with E-state index in [9.17, 15) is 13.2 Å². The number of nitrogens with zero attached hydrogens (tertiary/aromatic N) is 3. The van der Waals surface area contributed by atoms with E-state index < -0.39 is 11.7 Å². The summed E-state index contributed by atoms with van der Waals surface area (Å²) in [5.41, 5.74) is 4.31. The van der Waals surface area contributed by atoms with Gasteiger partial charge in [0.2, 0.25) is 5.69 Å². The summed E-state index contributed by atoms with van der Waals surface area (Å²) in [5, 5.41) is 8.80. The maximum atomic E-state index is 12.5. The third-order valence-corrected chi connectivity index (χ3v) is 2.31. The predicted molar refractivity (Wildman–Crippen MR) is 62.7 cm³/mol. The number of nitrogens with two attached hydrogens (primary N) is 1. The van der Waals surface area contributed by atoms with Crippen LogP contribution >= 0.6 is 0 Å². The Balaban J connectivity index is 2.34. The SMILES string of the molecule is N#Cc1nccnc1Oc1ccc(C(F)(F)F)cc1N. The Labute approximate surface area is 111 Å². The highest BCUT2D eigenvalue weighted by Gasteiger charge is 2.31. The van der Waals surface area contributed by atoms with Crippen LogP contribution in [0.4, 0.5) is 18.9 Å². The van der Waals surface area contributed by atoms with Crippen molar-refractivity contribution in [2.75, 3.05) is 5.73 Å². The molecule has 2 N–H and O–H groups in total. The first-order valence-electron chi connectivity index (χ1n) is 5.27. The third kappa shape index (κ3) is 2.77. The molecule has 1 aromatic carbocycles. The summed E-state index contributed by atoms with van der Waals surface area (Å²) in [6.45, 7) is 0. The number of benzene rings is 1. The van der Waals surface area contributed by atoms with Crippen LogP contribution in [0.5, 0.6) is 11.6 Å². The van der Waals surface area contributed by atoms with Crippen molar-refractivity contribution < 1.29 is 17.9 Å². The quantitative estimate of drug-likeness (QED) is 0.855. The van der Waals surface area contributed by atoms with Gasteiger partial charge in [0, 0.05) is 12.4 Å². The van der Waals surface area contributed by atoms with E-state index in [0.717, 1.165) is 18.2 Å². The van der Waals surface area contributed by atoms with Crippen LogP contribution in [0.2, 0.25) is 0 Å². The van der Waals surface area contributed by atoms with Gasteiger partial charge in [-0.1, -0.05) is 0 Å². The molecule has 0 bridgehead atoms. The van der Waals surface area contributed by atoms with Gasteiger partial charge in [-0.05, 0) is 18.2 Å². The molecule has 0 spiro atoms. The zero-order valence-electron chi connectivity index (χ0n) is 9.85. The monoisotopic (exact) mass is 280 g/mol. The van der Waals surface area contributed by atoms with Gasteiger partial charge in [0.25, 0.3) is 5.88 Å². The molecule has 102 valence electrons. The summed E-state index contributed by atoms with van der Waals surface area (Å²) >= 11 is 0. The second-order valence-electron chi connectivity index (χ2n) is 3.67. The molecule has 0 aliphatic heterocycles. The first kappa shape index (κ1) is 13.6. The lowest BCUT2D eigenvalue weighted by Gasteiger charge is -2.11. The van der Waals surface area contributed by atoms with Gasteiger partial charge >= 0.3 is 6.18 Å². The smallest absolute Gasteiger partial charge is 0.416 e. The van der Waals surface area contributed by atoms with Crippen molar-refractivity contribution in [2.24, 2.45) is 0 Å². The van der Waals surface area contributed by atoms with Gasteiger partial charge in [-0.2, -0.15) is 18.4 Å². The van der Waals surface area contributed by atoms with Gasteiger partial charge in [-0.15, -0.1) is 0 Å². The molecule has 0 unspecified atom stereocenters. The van der Waals surface area contributed by atoms with Crippen LogP contribution < -0.4 is 10.5 Å². The number of nitrogen functional groups attached to an aromatic ring is 1. The van der Waals surface area contributed by atoms with E-state index in [1.165, 1.54) is 12.4 Å². The third-order valence-electron chi connectivity index (χ3n) is 2.31. The molecular formula is C12H7F3N4O. The van der Waals surface area contributed by atoms with Gasteiger partial charge in [0.15, 0.2) is 5.75 Å². The fourth-order valence-electron chi connectivity index (χ4n) is 1.40. The number of rotatable bonds is 2. The summed E-state index contributed by atoms with van der Waals surface area (Å²) in [7, 11) is 0. The molecule has 2 aromatic rings. The second kappa shape index (κ2) is 5.05. The average Bonchev–Trinajstić information content (AvgIpc) is 2.40. The van der Waals surface area contributed by atoms with E-state index in [1.807, 2.05) is 0 Å². The molecule has 0 atom stereocenters. The van der Waals surface area contributed by atoms with Crippen LogP contribution in [-0.2, 0) is 6.18 Å². The van der Waals surface area contributed by atoms with Crippen molar-refractivity contribution in [3.63, 3.8) is 0 Å². The lowest BCUT2D eigenvalue weighted by molar-refractivity contribution is -0.137. The Morgan fingerprint density at radius 2 is 1.90 bits per heavy atom. The van der Waals surface area contributed by atoms with E-state index in [2.05, 4.69) is 9.97 Å². The van der Waals surface area contributed by atoms with Crippen molar-refractivity contribution in [1.82, 2.24) is 9.97 Å². The number of halogens is 3. The average molecular weight is 280 g/mol. The number of aromatic nitrogens is 2. The van der Waals surface area contributed by atoms with Crippen LogP contribution in [0.1, 0.15) is 11.3 Å². The summed E-state index contributed by atoms with van der Waals surface area (Å²) in [6.07, 6.45) is -1.91. The van der Waals surface area contributed by atoms with E-state index in [0.29, 0.717) is 0 Å². The molecule has 1 aromatic heterocycles. The fraction of sp³-hybridized carbons (Fsp3) is 0.0833. The summed E-state index contributed by atoms with van der Waals surface area (Å²) < 4.78 is 42.7. The minimum Gasteiger partial charge on any atom is -0.434 e. The normalized spacial score (nSPS) is 10.9. The van der Waals surface area contributed by atoms with Crippen molar-refractivity contribution in [3.8, 4) is 17.7 Å². The van der Waals surface area contributed by atoms with E-state index in [4.69, 9.17) is 15.7 Å². The van der Waals surface area contributed by atoms with Gasteiger partial charge in [0.05, 0.1) is 11.3 Å². The molecular weight excluding hydrogens is 273 g/mol. The lowest BCUT2D eigenvalue weighted by Crippen LogP contribution is -2.06. The summed E-state index contributed by atoms with van der Waals surface area (Å²) in [6, 6.07) is 4.39. The number of anilines is 1. The molecule has 5 nitrogen and oxygen atoms in total. The van der Waals surface area contributed by atoms with Crippen LogP contribution in [0.25, 0.3) is 0 Å². The number of hydrogen-bond acceptors (Lipinski definition) is 5. The van der Waals surface area contributed by atoms with Gasteiger partial charge in [-0.25, -0.2) is 9.97 Å². The molecule has 1 heterocycles. The van der Waals surface area contributed by atoms with E-state index >= 15 is 0 Å². The number of ether oxygens (including phenoxy) is 1. The zero-order valence-corrected chi connectivity index (χ0v) is 9.85. The molecule has 0 aliphatic carbocycles. The molecule has 0 saturated heterocycles. The molecule has 0 fully saturated rings. The van der Waals surface area contributed by atoms with Crippen molar-refractivity contribution >= 4 is 5.69 Å². The first-order valence-corrected chi connectivity index (χ1v) is 5.27. The first-order chi connectivity index (χ1) is 9.41. The van der Waals surface area contributed by atoms with Gasteiger partial charge in [0.1, 0.15) is 6.07 Å². The Hall–Kier alpha value is -2.82. The zero-order chi connectivity index (χ0) is 14.8. The van der Waals surface area contributed by atoms with Crippen molar-refractivity contribution in [1.29, 1.82) is 5.26 Å². The maximum absolute atomic E-state index is 12.5. The maximum Gasteiger partial charge on any atom is 0.416 e. The van der Waals surface area contributed by atoms with Crippen molar-refractivity contribution in [3.05, 3.63) is 41.9 Å². The molecule has 2 rings (SSSR count). The number of nitriles is 1. The summed E-state index contributed by atoms with van der Waals surface area (Å²) in [4.78, 5) is 7.48. The van der Waals surface area contributed by atoms with Crippen molar-refractivity contribution in [2.45, 2.75) is 6.18 Å². The van der Waals surface area contributed by atoms with Crippen LogP contribution in [0.3, 0.4) is 0 Å². The standard InChI is InChI=1S/C12H7F3N4O/c13-12(14,15)7-1-2-10(8(17)5-7)20-11-9(6-16)18-3-4-19-11/h1-5H,17H2. The molecule has 0 aliphatic rings. The predicted octanol–water partition coefficient (Wildman–Crippen LogP) is 2.74. The Morgan fingerprint density at radius 3 is 2.50 bits per heavy atom. The fourth-order valence-corrected chi connectivity index (χ4v) is 1.40. The highest BCUT2D eigenvalue weighted by atomic mass is 19.4. The highest BCUT2D eigenvalue weighted by molar-refractivity contribution is 5.56. The Morgan fingerprint density at radius 1 is 1.20 bits per heavy atom. The van der Waals surface area contributed by atoms with E-state index in [1.54, 1.807) is 6.07 Å². The molecule has 0 saturated carbocycles. The van der Waals surface area contributed by atoms with Crippen LogP contribution in [0, 0.1) is 11.3 Å². The largest absolute Gasteiger partial charge is 0.434 e. The molecule has 0 radical (unpaired) electrons. The van der Waals surface area contributed by atoms with E-state index in [-0.39, 0.29) is 23.0 Å². The second-order valence-corrected chi connectivity index (χ2v) is 3.67. The van der Waals surface area contributed by atoms with Gasteiger partial charge in [-0.3, -0.25) is 0 Å². The van der Waals surface area contributed by atoms with Crippen LogP contribution in [-0.4, -0.2) is 9.97 Å². The minimum absolute atomic E-state index is 0.0324. The molecule has 8 heteroatoms. The summed E-state index contributed by atoms with van der Waals surface area (Å²) in [5.74, 6) is -0.156. The minimum atomic E-state index is -4.49. The Kier molecular flexibility index (Phi) is 3.43. The lowest BCUT2D eigenvalue weighted by atomic mass is 10.2. The molecule has 20 heavy (non-hydrogen) atoms. The molecule has 0 amide bonds. The van der Waals surface area contributed by atoms with Gasteiger partial charge < -0.3 is 10.5 Å².